The molecule has 1 aliphatic heterocycles. The van der Waals surface area contributed by atoms with Crippen molar-refractivity contribution in [2.45, 2.75) is 5.25 Å². The van der Waals surface area contributed by atoms with Crippen LogP contribution in [-0.2, 0) is 0 Å². The van der Waals surface area contributed by atoms with Crippen molar-refractivity contribution in [3.63, 3.8) is 0 Å². The summed E-state index contributed by atoms with van der Waals surface area (Å²) in [5.41, 5.74) is 2.34. The molecule has 2 nitrogen and oxygen atoms in total. The molecular weight excluding hydrogens is 276 g/mol. The third-order valence-corrected chi connectivity index (χ3v) is 4.33. The summed E-state index contributed by atoms with van der Waals surface area (Å²) in [6, 6.07) is 18.1. The van der Waals surface area contributed by atoms with E-state index in [-0.39, 0.29) is 0 Å². The zero-order valence-electron chi connectivity index (χ0n) is 10.2. The third-order valence-electron chi connectivity index (χ3n) is 2.92. The van der Waals surface area contributed by atoms with Gasteiger partial charge in [0.2, 0.25) is 0 Å². The number of rotatable bonds is 2. The number of hydrogen-bond donors (Lipinski definition) is 1. The molecule has 0 fully saturated rings. The lowest BCUT2D eigenvalue weighted by molar-refractivity contribution is 0.966. The van der Waals surface area contributed by atoms with E-state index in [9.17, 15) is 0 Å². The number of nitrogens with zero attached hydrogens (tertiary/aromatic N) is 1. The number of anilines is 1. The summed E-state index contributed by atoms with van der Waals surface area (Å²) in [5, 5.41) is 5.45. The van der Waals surface area contributed by atoms with Gasteiger partial charge >= 0.3 is 0 Å². The maximum Gasteiger partial charge on any atom is 0.161 e. The number of halogens is 1. The molecule has 0 aliphatic carbocycles. The van der Waals surface area contributed by atoms with Crippen LogP contribution in [0.1, 0.15) is 10.8 Å². The van der Waals surface area contributed by atoms with Gasteiger partial charge in [-0.25, -0.2) is 0 Å². The van der Waals surface area contributed by atoms with Crippen LogP contribution in [0, 0.1) is 0 Å². The summed E-state index contributed by atoms with van der Waals surface area (Å²) in [6.45, 7) is 0.824. The maximum absolute atomic E-state index is 5.87. The number of thioether (sulfide) groups is 1. The van der Waals surface area contributed by atoms with Crippen molar-refractivity contribution in [1.82, 2.24) is 0 Å². The molecule has 0 saturated heterocycles. The van der Waals surface area contributed by atoms with Gasteiger partial charge in [-0.1, -0.05) is 53.7 Å². The molecule has 3 rings (SSSR count). The highest BCUT2D eigenvalue weighted by Gasteiger charge is 2.20. The molecular formula is C15H13ClN2S. The van der Waals surface area contributed by atoms with Gasteiger partial charge in [-0.2, -0.15) is 0 Å². The van der Waals surface area contributed by atoms with Gasteiger partial charge in [0.15, 0.2) is 5.17 Å². The monoisotopic (exact) mass is 288 g/mol. The van der Waals surface area contributed by atoms with Crippen molar-refractivity contribution >= 4 is 34.2 Å². The molecule has 1 heterocycles. The lowest BCUT2D eigenvalue weighted by Gasteiger charge is -2.09. The second-order valence-corrected chi connectivity index (χ2v) is 5.92. The first-order valence-electron chi connectivity index (χ1n) is 6.10. The van der Waals surface area contributed by atoms with E-state index in [1.54, 1.807) is 11.8 Å². The van der Waals surface area contributed by atoms with E-state index in [1.165, 1.54) is 5.56 Å². The summed E-state index contributed by atoms with van der Waals surface area (Å²) in [6.07, 6.45) is 0. The zero-order valence-corrected chi connectivity index (χ0v) is 11.8. The molecule has 1 aliphatic rings. The first kappa shape index (κ1) is 12.6. The Hall–Kier alpha value is -1.45. The van der Waals surface area contributed by atoms with E-state index in [1.807, 2.05) is 30.3 Å². The molecule has 0 saturated carbocycles. The molecule has 0 amide bonds. The Bertz CT molecular complexity index is 581. The van der Waals surface area contributed by atoms with Gasteiger partial charge in [-0.15, -0.1) is 0 Å². The predicted molar refractivity (Wildman–Crippen MR) is 84.2 cm³/mol. The van der Waals surface area contributed by atoms with Crippen LogP contribution in [0.4, 0.5) is 5.69 Å². The van der Waals surface area contributed by atoms with Gasteiger partial charge in [-0.05, 0) is 29.8 Å². The summed E-state index contributed by atoms with van der Waals surface area (Å²) in [5.74, 6) is 0. The minimum atomic E-state index is 0.413. The fraction of sp³-hybridized carbons (Fsp3) is 0.133. The first-order chi connectivity index (χ1) is 9.31. The van der Waals surface area contributed by atoms with Crippen molar-refractivity contribution in [3.8, 4) is 0 Å². The Balaban J connectivity index is 1.64. The van der Waals surface area contributed by atoms with E-state index in [0.29, 0.717) is 5.25 Å². The van der Waals surface area contributed by atoms with Crippen molar-refractivity contribution in [2.75, 3.05) is 11.9 Å². The van der Waals surface area contributed by atoms with Gasteiger partial charge in [-0.3, -0.25) is 4.99 Å². The summed E-state index contributed by atoms with van der Waals surface area (Å²) in [7, 11) is 0. The van der Waals surface area contributed by atoms with Gasteiger partial charge in [0, 0.05) is 10.7 Å². The van der Waals surface area contributed by atoms with Crippen LogP contribution in [0.3, 0.4) is 0 Å². The molecule has 0 aromatic heterocycles. The molecule has 96 valence electrons. The number of amidine groups is 1. The Morgan fingerprint density at radius 1 is 1.05 bits per heavy atom. The van der Waals surface area contributed by atoms with Gasteiger partial charge < -0.3 is 5.32 Å². The molecule has 1 unspecified atom stereocenters. The van der Waals surface area contributed by atoms with Gasteiger partial charge in [0.05, 0.1) is 11.8 Å². The van der Waals surface area contributed by atoms with Crippen LogP contribution in [0.25, 0.3) is 0 Å². The van der Waals surface area contributed by atoms with Crippen LogP contribution in [0.15, 0.2) is 59.6 Å². The molecule has 2 aromatic carbocycles. The second kappa shape index (κ2) is 5.68. The molecule has 4 heteroatoms. The fourth-order valence-corrected chi connectivity index (χ4v) is 3.11. The topological polar surface area (TPSA) is 24.4 Å². The maximum atomic E-state index is 5.87. The van der Waals surface area contributed by atoms with Crippen molar-refractivity contribution in [2.24, 2.45) is 4.99 Å². The fourth-order valence-electron chi connectivity index (χ4n) is 1.94. The van der Waals surface area contributed by atoms with Crippen LogP contribution < -0.4 is 5.32 Å². The molecule has 19 heavy (non-hydrogen) atoms. The quantitative estimate of drug-likeness (QED) is 0.873. The Morgan fingerprint density at radius 2 is 1.79 bits per heavy atom. The minimum absolute atomic E-state index is 0.413. The van der Waals surface area contributed by atoms with Gasteiger partial charge in [0.1, 0.15) is 0 Å². The van der Waals surface area contributed by atoms with E-state index in [4.69, 9.17) is 11.6 Å². The van der Waals surface area contributed by atoms with Crippen LogP contribution >= 0.6 is 23.4 Å². The largest absolute Gasteiger partial charge is 0.335 e. The smallest absolute Gasteiger partial charge is 0.161 e. The number of hydrogen-bond acceptors (Lipinski definition) is 3. The zero-order chi connectivity index (χ0) is 13.1. The van der Waals surface area contributed by atoms with Crippen molar-refractivity contribution < 1.29 is 0 Å². The van der Waals surface area contributed by atoms with Crippen LogP contribution in [0.2, 0.25) is 5.02 Å². The Labute approximate surface area is 121 Å². The third kappa shape index (κ3) is 3.11. The molecule has 0 spiro atoms. The predicted octanol–water partition coefficient (Wildman–Crippen LogP) is 4.60. The highest BCUT2D eigenvalue weighted by molar-refractivity contribution is 8.14. The number of nitrogens with one attached hydrogen (secondary N) is 1. The average molecular weight is 289 g/mol. The van der Waals surface area contributed by atoms with Crippen LogP contribution in [0.5, 0.6) is 0 Å². The SMILES string of the molecule is Clc1ccc(NC2=NCC(c3ccccc3)S2)cc1. The van der Waals surface area contributed by atoms with Crippen LogP contribution in [-0.4, -0.2) is 11.7 Å². The standard InChI is InChI=1S/C15H13ClN2S/c16-12-6-8-13(9-7-12)18-15-17-10-14(19-15)11-4-2-1-3-5-11/h1-9,14H,10H2,(H,17,18). The van der Waals surface area contributed by atoms with E-state index >= 15 is 0 Å². The summed E-state index contributed by atoms with van der Waals surface area (Å²) in [4.78, 5) is 4.55. The average Bonchev–Trinajstić information content (AvgIpc) is 2.91. The normalized spacial score (nSPS) is 18.2. The Kier molecular flexibility index (Phi) is 3.76. The summed E-state index contributed by atoms with van der Waals surface area (Å²) < 4.78 is 0. The molecule has 1 N–H and O–H groups in total. The number of benzene rings is 2. The van der Waals surface area contributed by atoms with E-state index in [0.717, 1.165) is 22.4 Å². The highest BCUT2D eigenvalue weighted by Crippen LogP contribution is 2.35. The molecule has 1 atom stereocenters. The van der Waals surface area contributed by atoms with Crippen molar-refractivity contribution in [1.29, 1.82) is 0 Å². The first-order valence-corrected chi connectivity index (χ1v) is 7.36. The summed E-state index contributed by atoms with van der Waals surface area (Å²) >= 11 is 7.64. The second-order valence-electron chi connectivity index (χ2n) is 4.29. The molecule has 0 bridgehead atoms. The number of aliphatic imine (C=N–C) groups is 1. The Morgan fingerprint density at radius 3 is 2.53 bits per heavy atom. The van der Waals surface area contributed by atoms with Gasteiger partial charge in [0.25, 0.3) is 0 Å². The van der Waals surface area contributed by atoms with E-state index in [2.05, 4.69) is 34.6 Å². The highest BCUT2D eigenvalue weighted by atomic mass is 35.5. The lowest BCUT2D eigenvalue weighted by Crippen LogP contribution is -2.04. The minimum Gasteiger partial charge on any atom is -0.335 e. The lowest BCUT2D eigenvalue weighted by atomic mass is 10.1. The molecule has 0 radical (unpaired) electrons. The molecule has 2 aromatic rings. The van der Waals surface area contributed by atoms with Crippen molar-refractivity contribution in [3.05, 3.63) is 65.2 Å². The van der Waals surface area contributed by atoms with E-state index < -0.39 is 0 Å².